The first-order valence-electron chi connectivity index (χ1n) is 7.94. The van der Waals surface area contributed by atoms with E-state index in [0.717, 1.165) is 44.2 Å². The second kappa shape index (κ2) is 8.48. The van der Waals surface area contributed by atoms with Crippen molar-refractivity contribution in [2.75, 3.05) is 45.7 Å². The van der Waals surface area contributed by atoms with Gasteiger partial charge in [-0.25, -0.2) is 0 Å². The van der Waals surface area contributed by atoms with Crippen molar-refractivity contribution < 1.29 is 23.9 Å². The number of nitrogens with zero attached hydrogens (tertiary/aromatic N) is 2. The van der Waals surface area contributed by atoms with Crippen LogP contribution in [0, 0.1) is 0 Å². The predicted molar refractivity (Wildman–Crippen MR) is 89.4 cm³/mol. The van der Waals surface area contributed by atoms with Crippen molar-refractivity contribution in [1.29, 1.82) is 0 Å². The van der Waals surface area contributed by atoms with Gasteiger partial charge in [-0.3, -0.25) is 0 Å². The molecule has 1 fully saturated rings. The van der Waals surface area contributed by atoms with E-state index in [0.29, 0.717) is 16.9 Å². The largest absolute Gasteiger partial charge is 0.497 e. The molecule has 2 aromatic rings. The SMILES string of the molecule is COc1ccc(-c2nnc(SC[C@@H](O)C[NH+]3CCOCC3)o2)cc1. The third-order valence-electron chi connectivity index (χ3n) is 3.87. The van der Waals surface area contributed by atoms with Crippen molar-refractivity contribution in [1.82, 2.24) is 10.2 Å². The van der Waals surface area contributed by atoms with Crippen molar-refractivity contribution in [3.8, 4) is 17.2 Å². The van der Waals surface area contributed by atoms with Gasteiger partial charge in [0.1, 0.15) is 31.5 Å². The summed E-state index contributed by atoms with van der Waals surface area (Å²) in [5.41, 5.74) is 0.841. The maximum atomic E-state index is 10.2. The molecule has 1 aliphatic heterocycles. The zero-order valence-electron chi connectivity index (χ0n) is 13.6. The van der Waals surface area contributed by atoms with Gasteiger partial charge in [-0.2, -0.15) is 0 Å². The molecule has 0 unspecified atom stereocenters. The molecule has 130 valence electrons. The summed E-state index contributed by atoms with van der Waals surface area (Å²) in [6.45, 7) is 4.15. The molecule has 7 nitrogen and oxygen atoms in total. The van der Waals surface area contributed by atoms with Gasteiger partial charge in [-0.1, -0.05) is 11.8 Å². The zero-order chi connectivity index (χ0) is 16.8. The lowest BCUT2D eigenvalue weighted by molar-refractivity contribution is -0.910. The van der Waals surface area contributed by atoms with E-state index in [9.17, 15) is 5.11 Å². The topological polar surface area (TPSA) is 82.1 Å². The molecule has 0 aliphatic carbocycles. The number of benzene rings is 1. The van der Waals surface area contributed by atoms with Crippen molar-refractivity contribution in [3.63, 3.8) is 0 Å². The highest BCUT2D eigenvalue weighted by Crippen LogP contribution is 2.25. The number of nitrogens with one attached hydrogen (secondary N) is 1. The summed E-state index contributed by atoms with van der Waals surface area (Å²) < 4.78 is 16.1. The van der Waals surface area contributed by atoms with Crippen molar-refractivity contribution >= 4 is 11.8 Å². The van der Waals surface area contributed by atoms with Crippen LogP contribution in [0.5, 0.6) is 5.75 Å². The normalized spacial score (nSPS) is 16.9. The van der Waals surface area contributed by atoms with E-state index >= 15 is 0 Å². The summed E-state index contributed by atoms with van der Waals surface area (Å²) in [6.07, 6.45) is -0.403. The summed E-state index contributed by atoms with van der Waals surface area (Å²) in [6, 6.07) is 7.44. The van der Waals surface area contributed by atoms with Gasteiger partial charge < -0.3 is 23.9 Å². The number of aliphatic hydroxyl groups is 1. The van der Waals surface area contributed by atoms with Crippen molar-refractivity contribution in [2.24, 2.45) is 0 Å². The van der Waals surface area contributed by atoms with Gasteiger partial charge >= 0.3 is 0 Å². The van der Waals surface area contributed by atoms with Crippen LogP contribution in [-0.4, -0.2) is 67.1 Å². The van der Waals surface area contributed by atoms with Gasteiger partial charge in [0.05, 0.1) is 20.3 Å². The summed E-state index contributed by atoms with van der Waals surface area (Å²) in [4.78, 5) is 1.37. The number of rotatable bonds is 7. The summed E-state index contributed by atoms with van der Waals surface area (Å²) in [5, 5.41) is 18.7. The van der Waals surface area contributed by atoms with E-state index in [1.54, 1.807) is 7.11 Å². The predicted octanol–water partition coefficient (Wildman–Crippen LogP) is 0.113. The smallest absolute Gasteiger partial charge is 0.276 e. The zero-order valence-corrected chi connectivity index (χ0v) is 14.4. The molecule has 1 atom stereocenters. The molecule has 8 heteroatoms. The molecule has 1 saturated heterocycles. The number of aromatic nitrogens is 2. The molecule has 3 rings (SSSR count). The molecule has 2 N–H and O–H groups in total. The van der Waals surface area contributed by atoms with Crippen molar-refractivity contribution in [3.05, 3.63) is 24.3 Å². The standard InChI is InChI=1S/C16H21N3O4S/c1-21-14-4-2-12(3-5-14)15-17-18-16(23-15)24-11-13(20)10-19-6-8-22-9-7-19/h2-5,13,20H,6-11H2,1H3/p+1/t13-/m0/s1. The summed E-state index contributed by atoms with van der Waals surface area (Å²) in [7, 11) is 1.63. The lowest BCUT2D eigenvalue weighted by atomic mass is 10.2. The Labute approximate surface area is 145 Å². The molecule has 24 heavy (non-hydrogen) atoms. The molecule has 1 aliphatic rings. The Morgan fingerprint density at radius 2 is 2.00 bits per heavy atom. The third kappa shape index (κ3) is 4.70. The molecule has 0 bridgehead atoms. The minimum absolute atomic E-state index is 0.403. The average Bonchev–Trinajstić information content (AvgIpc) is 3.10. The van der Waals surface area contributed by atoms with Crippen LogP contribution in [0.4, 0.5) is 0 Å². The number of hydrogen-bond acceptors (Lipinski definition) is 7. The first kappa shape index (κ1) is 17.2. The lowest BCUT2D eigenvalue weighted by Crippen LogP contribution is -3.15. The number of methoxy groups -OCH3 is 1. The highest BCUT2D eigenvalue weighted by molar-refractivity contribution is 7.99. The molecule has 1 aromatic heterocycles. The Bertz CT molecular complexity index is 629. The first-order chi connectivity index (χ1) is 11.7. The monoisotopic (exact) mass is 352 g/mol. The lowest BCUT2D eigenvalue weighted by Gasteiger charge is -2.25. The van der Waals surface area contributed by atoms with Gasteiger partial charge in [-0.15, -0.1) is 10.2 Å². The van der Waals surface area contributed by atoms with E-state index in [1.165, 1.54) is 16.7 Å². The van der Waals surface area contributed by atoms with Crippen molar-refractivity contribution in [2.45, 2.75) is 11.3 Å². The molecule has 0 radical (unpaired) electrons. The van der Waals surface area contributed by atoms with Crippen LogP contribution in [0.1, 0.15) is 0 Å². The maximum Gasteiger partial charge on any atom is 0.276 e. The fraction of sp³-hybridized carbons (Fsp3) is 0.500. The quantitative estimate of drug-likeness (QED) is 0.685. The van der Waals surface area contributed by atoms with Crippen LogP contribution in [0.25, 0.3) is 11.5 Å². The number of thioether (sulfide) groups is 1. The van der Waals surface area contributed by atoms with Gasteiger partial charge in [0.15, 0.2) is 0 Å². The van der Waals surface area contributed by atoms with Gasteiger partial charge in [0, 0.05) is 11.3 Å². The number of quaternary nitrogens is 1. The van der Waals surface area contributed by atoms with Gasteiger partial charge in [-0.05, 0) is 24.3 Å². The van der Waals surface area contributed by atoms with Crippen LogP contribution < -0.4 is 9.64 Å². The fourth-order valence-corrected chi connectivity index (χ4v) is 3.23. The van der Waals surface area contributed by atoms with Gasteiger partial charge in [0.25, 0.3) is 5.22 Å². The minimum Gasteiger partial charge on any atom is -0.497 e. The highest BCUT2D eigenvalue weighted by Gasteiger charge is 2.19. The van der Waals surface area contributed by atoms with E-state index < -0.39 is 6.10 Å². The summed E-state index contributed by atoms with van der Waals surface area (Å²) >= 11 is 1.38. The fourth-order valence-electron chi connectivity index (χ4n) is 2.54. The van der Waals surface area contributed by atoms with Crippen LogP contribution in [0.15, 0.2) is 33.9 Å². The van der Waals surface area contributed by atoms with E-state index in [-0.39, 0.29) is 0 Å². The maximum absolute atomic E-state index is 10.2. The number of ether oxygens (including phenoxy) is 2. The molecular weight excluding hydrogens is 330 g/mol. The number of aliphatic hydroxyl groups excluding tert-OH is 1. The molecule has 1 aromatic carbocycles. The van der Waals surface area contributed by atoms with Gasteiger partial charge in [0.2, 0.25) is 5.89 Å². The Kier molecular flexibility index (Phi) is 6.08. The Balaban J connectivity index is 1.49. The average molecular weight is 352 g/mol. The van der Waals surface area contributed by atoms with Crippen LogP contribution in [0.2, 0.25) is 0 Å². The van der Waals surface area contributed by atoms with E-state index in [1.807, 2.05) is 24.3 Å². The summed E-state index contributed by atoms with van der Waals surface area (Å²) in [5.74, 6) is 1.78. The second-order valence-electron chi connectivity index (χ2n) is 5.63. The first-order valence-corrected chi connectivity index (χ1v) is 8.93. The molecule has 0 saturated carbocycles. The Hall–Kier alpha value is -1.61. The van der Waals surface area contributed by atoms with E-state index in [2.05, 4.69) is 10.2 Å². The Morgan fingerprint density at radius 3 is 2.71 bits per heavy atom. The molecular formula is C16H22N3O4S+. The number of hydrogen-bond donors (Lipinski definition) is 2. The molecule has 2 heterocycles. The third-order valence-corrected chi connectivity index (χ3v) is 4.83. The minimum atomic E-state index is -0.403. The van der Waals surface area contributed by atoms with Crippen LogP contribution in [0.3, 0.4) is 0 Å². The second-order valence-corrected chi connectivity index (χ2v) is 6.60. The molecule has 0 amide bonds. The number of morpholine rings is 1. The molecule has 0 spiro atoms. The highest BCUT2D eigenvalue weighted by atomic mass is 32.2. The Morgan fingerprint density at radius 1 is 1.25 bits per heavy atom. The van der Waals surface area contributed by atoms with E-state index in [4.69, 9.17) is 13.9 Å². The van der Waals surface area contributed by atoms with Crippen LogP contribution in [-0.2, 0) is 4.74 Å². The van der Waals surface area contributed by atoms with Crippen LogP contribution >= 0.6 is 11.8 Å².